The van der Waals surface area contributed by atoms with E-state index in [2.05, 4.69) is 57.4 Å². The van der Waals surface area contributed by atoms with Crippen LogP contribution in [0.1, 0.15) is 34.1 Å². The molecule has 0 saturated heterocycles. The Balaban J connectivity index is 5.17. The van der Waals surface area contributed by atoms with Crippen LogP contribution in [0.25, 0.3) is 0 Å². The predicted octanol–water partition coefficient (Wildman–Crippen LogP) is 5.78. The lowest BCUT2D eigenvalue weighted by atomic mass is 9.78. The van der Waals surface area contributed by atoms with Crippen LogP contribution < -0.4 is 0 Å². The molecule has 0 amide bonds. The van der Waals surface area contributed by atoms with E-state index in [-0.39, 0.29) is 5.41 Å². The third kappa shape index (κ3) is 5.67. The molecule has 98 valence electrons. The number of allylic oxidation sites excluding steroid dienone is 10. The molecule has 0 bridgehead atoms. The minimum absolute atomic E-state index is 0.0717. The van der Waals surface area contributed by atoms with Crippen LogP contribution in [0.3, 0.4) is 0 Å². The first kappa shape index (κ1) is 16.4. The summed E-state index contributed by atoms with van der Waals surface area (Å²) in [6, 6.07) is 0. The van der Waals surface area contributed by atoms with E-state index in [0.29, 0.717) is 0 Å². The topological polar surface area (TPSA) is 0 Å². The van der Waals surface area contributed by atoms with E-state index >= 15 is 0 Å². The Morgan fingerprint density at radius 1 is 1.06 bits per heavy atom. The van der Waals surface area contributed by atoms with Crippen molar-refractivity contribution in [2.45, 2.75) is 34.1 Å². The van der Waals surface area contributed by atoms with Crippen LogP contribution in [0.2, 0.25) is 0 Å². The van der Waals surface area contributed by atoms with Gasteiger partial charge in [0.05, 0.1) is 0 Å². The summed E-state index contributed by atoms with van der Waals surface area (Å²) in [7, 11) is 0. The molecule has 0 aromatic heterocycles. The molecule has 0 saturated carbocycles. The second kappa shape index (κ2) is 8.52. The summed E-state index contributed by atoms with van der Waals surface area (Å²) >= 11 is 0. The quantitative estimate of drug-likeness (QED) is 0.496. The summed E-state index contributed by atoms with van der Waals surface area (Å²) in [6.45, 7) is 16.2. The van der Waals surface area contributed by atoms with Gasteiger partial charge in [-0.25, -0.2) is 0 Å². The van der Waals surface area contributed by atoms with Crippen LogP contribution in [-0.4, -0.2) is 0 Å². The highest BCUT2D eigenvalue weighted by Crippen LogP contribution is 2.34. The normalized spacial score (nSPS) is 14.4. The molecule has 0 aromatic rings. The van der Waals surface area contributed by atoms with Crippen LogP contribution >= 0.6 is 0 Å². The zero-order valence-electron chi connectivity index (χ0n) is 12.2. The Kier molecular flexibility index (Phi) is 7.78. The van der Waals surface area contributed by atoms with Crippen molar-refractivity contribution >= 4 is 0 Å². The van der Waals surface area contributed by atoms with Crippen LogP contribution in [0.4, 0.5) is 0 Å². The van der Waals surface area contributed by atoms with Crippen molar-refractivity contribution in [2.75, 3.05) is 0 Å². The number of rotatable bonds is 7. The first-order valence-corrected chi connectivity index (χ1v) is 6.42. The number of hydrogen-bond acceptors (Lipinski definition) is 0. The van der Waals surface area contributed by atoms with E-state index in [1.54, 1.807) is 0 Å². The van der Waals surface area contributed by atoms with Crippen LogP contribution in [-0.2, 0) is 0 Å². The van der Waals surface area contributed by atoms with E-state index in [0.717, 1.165) is 6.42 Å². The summed E-state index contributed by atoms with van der Waals surface area (Å²) in [6.07, 6.45) is 17.3. The molecule has 0 aliphatic rings. The Bertz CT molecular complexity index is 384. The van der Waals surface area contributed by atoms with Crippen molar-refractivity contribution in [3.05, 3.63) is 72.9 Å². The van der Waals surface area contributed by atoms with Gasteiger partial charge in [0.2, 0.25) is 0 Å². The highest BCUT2D eigenvalue weighted by Gasteiger charge is 2.21. The second-order valence-corrected chi connectivity index (χ2v) is 4.89. The van der Waals surface area contributed by atoms with Crippen molar-refractivity contribution < 1.29 is 0 Å². The monoisotopic (exact) mass is 242 g/mol. The van der Waals surface area contributed by atoms with Gasteiger partial charge in [0.15, 0.2) is 0 Å². The molecule has 18 heavy (non-hydrogen) atoms. The van der Waals surface area contributed by atoms with Gasteiger partial charge in [-0.3, -0.25) is 0 Å². The fourth-order valence-electron chi connectivity index (χ4n) is 1.84. The molecule has 0 aromatic carbocycles. The summed E-state index contributed by atoms with van der Waals surface area (Å²) < 4.78 is 0. The summed E-state index contributed by atoms with van der Waals surface area (Å²) in [4.78, 5) is 0. The van der Waals surface area contributed by atoms with Crippen molar-refractivity contribution in [3.63, 3.8) is 0 Å². The van der Waals surface area contributed by atoms with Gasteiger partial charge in [-0.2, -0.15) is 0 Å². The predicted molar refractivity (Wildman–Crippen MR) is 84.6 cm³/mol. The van der Waals surface area contributed by atoms with E-state index in [1.165, 1.54) is 11.1 Å². The maximum absolute atomic E-state index is 3.89. The second-order valence-electron chi connectivity index (χ2n) is 4.89. The fourth-order valence-corrected chi connectivity index (χ4v) is 1.84. The zero-order valence-corrected chi connectivity index (χ0v) is 12.2. The molecule has 0 heterocycles. The Morgan fingerprint density at radius 3 is 2.17 bits per heavy atom. The van der Waals surface area contributed by atoms with E-state index in [9.17, 15) is 0 Å². The molecular formula is C18H26. The third-order valence-corrected chi connectivity index (χ3v) is 2.84. The molecule has 0 spiro atoms. The minimum atomic E-state index is 0.0717. The maximum Gasteiger partial charge on any atom is -0.00633 e. The SMILES string of the molecule is C=C/C=C(\C=C/C)C(C)(C)C/C(C=C)=C/C=C\C. The molecule has 0 atom stereocenters. The van der Waals surface area contributed by atoms with Crippen molar-refractivity contribution in [3.8, 4) is 0 Å². The van der Waals surface area contributed by atoms with Gasteiger partial charge in [-0.05, 0) is 36.8 Å². The van der Waals surface area contributed by atoms with Crippen LogP contribution in [0.15, 0.2) is 72.9 Å². The molecule has 0 radical (unpaired) electrons. The molecule has 0 unspecified atom stereocenters. The van der Waals surface area contributed by atoms with Gasteiger partial charge in [0, 0.05) is 0 Å². The zero-order chi connectivity index (χ0) is 14.0. The molecular weight excluding hydrogens is 216 g/mol. The minimum Gasteiger partial charge on any atom is -0.0991 e. The van der Waals surface area contributed by atoms with Crippen molar-refractivity contribution in [1.82, 2.24) is 0 Å². The van der Waals surface area contributed by atoms with E-state index in [1.807, 2.05) is 32.1 Å². The molecule has 0 N–H and O–H groups in total. The van der Waals surface area contributed by atoms with Crippen LogP contribution in [0, 0.1) is 5.41 Å². The molecule has 0 aliphatic heterocycles. The van der Waals surface area contributed by atoms with E-state index in [4.69, 9.17) is 0 Å². The Labute approximate surface area is 113 Å². The van der Waals surface area contributed by atoms with Crippen molar-refractivity contribution in [1.29, 1.82) is 0 Å². The lowest BCUT2D eigenvalue weighted by molar-refractivity contribution is 0.456. The van der Waals surface area contributed by atoms with Gasteiger partial charge < -0.3 is 0 Å². The van der Waals surface area contributed by atoms with Gasteiger partial charge in [-0.1, -0.05) is 75.6 Å². The van der Waals surface area contributed by atoms with Gasteiger partial charge in [0.25, 0.3) is 0 Å². The molecule has 0 fully saturated rings. The largest absolute Gasteiger partial charge is 0.0991 e. The number of hydrogen-bond donors (Lipinski definition) is 0. The third-order valence-electron chi connectivity index (χ3n) is 2.84. The lowest BCUT2D eigenvalue weighted by Gasteiger charge is -2.27. The molecule has 0 heteroatoms. The summed E-state index contributed by atoms with van der Waals surface area (Å²) in [5, 5.41) is 0. The van der Waals surface area contributed by atoms with E-state index < -0.39 is 0 Å². The molecule has 0 nitrogen and oxygen atoms in total. The average Bonchev–Trinajstić information content (AvgIpc) is 2.34. The Hall–Kier alpha value is -1.56. The fraction of sp³-hybridized carbons (Fsp3) is 0.333. The highest BCUT2D eigenvalue weighted by atomic mass is 14.3. The first-order chi connectivity index (χ1) is 8.51. The molecule has 0 aliphatic carbocycles. The average molecular weight is 242 g/mol. The molecule has 0 rings (SSSR count). The standard InChI is InChI=1S/C18H26/c1-7-11-14-16(10-4)15-18(5,6)17(12-8-2)13-9-3/h7-14H,2,4,15H2,1,3,5-6H3/b11-7-,13-9-,16-14+,17-12+. The lowest BCUT2D eigenvalue weighted by Crippen LogP contribution is -2.14. The Morgan fingerprint density at radius 2 is 1.72 bits per heavy atom. The van der Waals surface area contributed by atoms with Gasteiger partial charge in [0.1, 0.15) is 0 Å². The first-order valence-electron chi connectivity index (χ1n) is 6.42. The van der Waals surface area contributed by atoms with Gasteiger partial charge in [-0.15, -0.1) is 0 Å². The summed E-state index contributed by atoms with van der Waals surface area (Å²) in [5.74, 6) is 0. The highest BCUT2D eigenvalue weighted by molar-refractivity contribution is 5.33. The van der Waals surface area contributed by atoms with Crippen molar-refractivity contribution in [2.24, 2.45) is 5.41 Å². The maximum atomic E-state index is 3.89. The van der Waals surface area contributed by atoms with Crippen LogP contribution in [0.5, 0.6) is 0 Å². The van der Waals surface area contributed by atoms with Gasteiger partial charge >= 0.3 is 0 Å². The summed E-state index contributed by atoms with van der Waals surface area (Å²) in [5.41, 5.74) is 2.60. The smallest absolute Gasteiger partial charge is 0.00633 e.